The molecule has 158 valence electrons. The lowest BCUT2D eigenvalue weighted by molar-refractivity contribution is -0.114. The molecule has 7 heteroatoms. The number of amides is 2. The topological polar surface area (TPSA) is 89.5 Å². The molecule has 0 saturated carbocycles. The molecule has 3 aromatic rings. The summed E-state index contributed by atoms with van der Waals surface area (Å²) >= 11 is 0. The van der Waals surface area contributed by atoms with E-state index < -0.39 is 5.91 Å². The Labute approximate surface area is 180 Å². The lowest BCUT2D eigenvalue weighted by Crippen LogP contribution is -2.17. The van der Waals surface area contributed by atoms with Crippen molar-refractivity contribution in [2.75, 3.05) is 24.9 Å². The highest BCUT2D eigenvalue weighted by molar-refractivity contribution is 6.10. The van der Waals surface area contributed by atoms with Crippen LogP contribution in [-0.4, -0.2) is 31.0 Å². The average Bonchev–Trinajstić information content (AvgIpc) is 2.78. The van der Waals surface area contributed by atoms with Crippen LogP contribution in [0.1, 0.15) is 28.5 Å². The van der Waals surface area contributed by atoms with Gasteiger partial charge in [0, 0.05) is 24.9 Å². The first-order valence-electron chi connectivity index (χ1n) is 9.54. The minimum atomic E-state index is -0.393. The Morgan fingerprint density at radius 3 is 2.35 bits per heavy atom. The van der Waals surface area contributed by atoms with E-state index in [1.807, 2.05) is 48.6 Å². The van der Waals surface area contributed by atoms with E-state index in [4.69, 9.17) is 9.47 Å². The third kappa shape index (κ3) is 5.70. The number of pyridine rings is 1. The lowest BCUT2D eigenvalue weighted by atomic mass is 10.1. The summed E-state index contributed by atoms with van der Waals surface area (Å²) in [6, 6.07) is 16.2. The molecule has 31 heavy (non-hydrogen) atoms. The molecule has 0 aliphatic rings. The maximum absolute atomic E-state index is 13.0. The van der Waals surface area contributed by atoms with Crippen molar-refractivity contribution in [2.45, 2.75) is 6.92 Å². The summed E-state index contributed by atoms with van der Waals surface area (Å²) in [5.74, 6) is 0.0942. The van der Waals surface area contributed by atoms with Gasteiger partial charge in [-0.3, -0.25) is 14.6 Å². The van der Waals surface area contributed by atoms with Crippen LogP contribution in [0.3, 0.4) is 0 Å². The predicted octanol–water partition coefficient (Wildman–Crippen LogP) is 4.48. The molecular formula is C24H23N3O4. The predicted molar refractivity (Wildman–Crippen MR) is 121 cm³/mol. The van der Waals surface area contributed by atoms with E-state index in [2.05, 4.69) is 15.6 Å². The number of nitrogens with one attached hydrogen (secondary N) is 2. The van der Waals surface area contributed by atoms with Crippen molar-refractivity contribution in [1.82, 2.24) is 4.98 Å². The van der Waals surface area contributed by atoms with Crippen molar-refractivity contribution >= 4 is 35.3 Å². The minimum absolute atomic E-state index is 0.252. The molecular weight excluding hydrogens is 394 g/mol. The summed E-state index contributed by atoms with van der Waals surface area (Å²) in [7, 11) is 2.97. The number of aromatic nitrogens is 1. The van der Waals surface area contributed by atoms with Crippen molar-refractivity contribution in [1.29, 1.82) is 0 Å². The number of methoxy groups -OCH3 is 2. The van der Waals surface area contributed by atoms with Gasteiger partial charge >= 0.3 is 0 Å². The molecule has 2 amide bonds. The van der Waals surface area contributed by atoms with Crippen LogP contribution in [-0.2, 0) is 4.79 Å². The molecule has 0 spiro atoms. The number of carbonyl (C=O) groups excluding carboxylic acids is 2. The Bertz CT molecular complexity index is 1110. The summed E-state index contributed by atoms with van der Waals surface area (Å²) in [5.41, 5.74) is 2.92. The number of nitrogens with zero attached hydrogens (tertiary/aromatic N) is 1. The van der Waals surface area contributed by atoms with Gasteiger partial charge in [0.2, 0.25) is 5.91 Å². The average molecular weight is 417 g/mol. The quantitative estimate of drug-likeness (QED) is 0.592. The summed E-state index contributed by atoms with van der Waals surface area (Å²) in [4.78, 5) is 28.8. The van der Waals surface area contributed by atoms with Crippen molar-refractivity contribution in [3.05, 3.63) is 77.6 Å². The highest BCUT2D eigenvalue weighted by atomic mass is 16.5. The van der Waals surface area contributed by atoms with Crippen molar-refractivity contribution in [2.24, 2.45) is 0 Å². The van der Waals surface area contributed by atoms with Crippen molar-refractivity contribution in [3.8, 4) is 11.5 Å². The molecule has 1 aromatic heterocycles. The van der Waals surface area contributed by atoms with E-state index in [-0.39, 0.29) is 11.5 Å². The van der Waals surface area contributed by atoms with Gasteiger partial charge in [0.1, 0.15) is 0 Å². The lowest BCUT2D eigenvalue weighted by Gasteiger charge is -2.15. The summed E-state index contributed by atoms with van der Waals surface area (Å²) < 4.78 is 10.6. The zero-order chi connectivity index (χ0) is 22.2. The Hall–Kier alpha value is -4.13. The van der Waals surface area contributed by atoms with Crippen LogP contribution < -0.4 is 20.1 Å². The van der Waals surface area contributed by atoms with Gasteiger partial charge in [0.05, 0.1) is 31.2 Å². The monoisotopic (exact) mass is 417 g/mol. The fourth-order valence-corrected chi connectivity index (χ4v) is 2.93. The molecule has 2 aromatic carbocycles. The van der Waals surface area contributed by atoms with Crippen LogP contribution >= 0.6 is 0 Å². The molecule has 1 heterocycles. The van der Waals surface area contributed by atoms with Crippen LogP contribution in [0.5, 0.6) is 11.5 Å². The first-order chi connectivity index (χ1) is 15.0. The molecule has 2 N–H and O–H groups in total. The number of hydrogen-bond donors (Lipinski definition) is 2. The maximum Gasteiger partial charge on any atom is 0.257 e. The zero-order valence-corrected chi connectivity index (χ0v) is 17.5. The smallest absolute Gasteiger partial charge is 0.257 e. The standard InChI is InChI=1S/C24H23N3O4/c1-16(28)26-21-15-23(31-3)22(30-2)14-20(21)24(29)27-19-9-6-7-17(13-19)10-11-18-8-4-5-12-25-18/h4-15H,1-3H3,(H,26,28)(H,27,29)/b11-10+. The van der Waals surface area contributed by atoms with E-state index in [0.29, 0.717) is 22.9 Å². The summed E-state index contributed by atoms with van der Waals surface area (Å²) in [6.07, 6.45) is 5.54. The van der Waals surface area contributed by atoms with Gasteiger partial charge in [-0.1, -0.05) is 24.3 Å². The molecule has 7 nitrogen and oxygen atoms in total. The third-order valence-electron chi connectivity index (χ3n) is 4.36. The second kappa shape index (κ2) is 10.1. The number of carbonyl (C=O) groups is 2. The number of benzene rings is 2. The Morgan fingerprint density at radius 1 is 0.903 bits per heavy atom. The fourth-order valence-electron chi connectivity index (χ4n) is 2.93. The molecule has 3 rings (SSSR count). The number of anilines is 2. The van der Waals surface area contributed by atoms with Crippen LogP contribution in [0.15, 0.2) is 60.8 Å². The Kier molecular flexibility index (Phi) is 7.01. The van der Waals surface area contributed by atoms with Crippen molar-refractivity contribution in [3.63, 3.8) is 0 Å². The Morgan fingerprint density at radius 2 is 1.68 bits per heavy atom. The van der Waals surface area contributed by atoms with Crippen LogP contribution in [0, 0.1) is 0 Å². The van der Waals surface area contributed by atoms with Gasteiger partial charge in [-0.2, -0.15) is 0 Å². The zero-order valence-electron chi connectivity index (χ0n) is 17.5. The summed E-state index contributed by atoms with van der Waals surface area (Å²) in [6.45, 7) is 1.37. The highest BCUT2D eigenvalue weighted by Crippen LogP contribution is 2.34. The van der Waals surface area contributed by atoms with Gasteiger partial charge in [0.25, 0.3) is 5.91 Å². The van der Waals surface area contributed by atoms with E-state index in [1.54, 1.807) is 18.3 Å². The normalized spacial score (nSPS) is 10.5. The van der Waals surface area contributed by atoms with Crippen LogP contribution in [0.2, 0.25) is 0 Å². The number of rotatable bonds is 7. The molecule has 0 bridgehead atoms. The van der Waals surface area contributed by atoms with Crippen LogP contribution in [0.4, 0.5) is 11.4 Å². The fraction of sp³-hybridized carbons (Fsp3) is 0.125. The van der Waals surface area contributed by atoms with E-state index in [0.717, 1.165) is 11.3 Å². The SMILES string of the molecule is COc1cc(NC(C)=O)c(C(=O)Nc2cccc(/C=C/c3ccccn3)c2)cc1OC. The summed E-state index contributed by atoms with van der Waals surface area (Å²) in [5, 5.41) is 5.53. The molecule has 0 fully saturated rings. The maximum atomic E-state index is 13.0. The van der Waals surface area contributed by atoms with Gasteiger partial charge in [-0.15, -0.1) is 0 Å². The van der Waals surface area contributed by atoms with Crippen molar-refractivity contribution < 1.29 is 19.1 Å². The van der Waals surface area contributed by atoms with Gasteiger partial charge in [-0.05, 0) is 42.0 Å². The second-order valence-corrected chi connectivity index (χ2v) is 6.60. The number of hydrogen-bond acceptors (Lipinski definition) is 5. The molecule has 0 aliphatic heterocycles. The largest absolute Gasteiger partial charge is 0.493 e. The third-order valence-corrected chi connectivity index (χ3v) is 4.36. The van der Waals surface area contributed by atoms with Gasteiger partial charge < -0.3 is 20.1 Å². The van der Waals surface area contributed by atoms with E-state index in [9.17, 15) is 9.59 Å². The second-order valence-electron chi connectivity index (χ2n) is 6.60. The van der Waals surface area contributed by atoms with Gasteiger partial charge in [0.15, 0.2) is 11.5 Å². The molecule has 0 atom stereocenters. The Balaban J connectivity index is 1.85. The van der Waals surface area contributed by atoms with Crippen LogP contribution in [0.25, 0.3) is 12.2 Å². The number of ether oxygens (including phenoxy) is 2. The molecule has 0 unspecified atom stereocenters. The molecule has 0 saturated heterocycles. The minimum Gasteiger partial charge on any atom is -0.493 e. The first-order valence-corrected chi connectivity index (χ1v) is 9.54. The van der Waals surface area contributed by atoms with Gasteiger partial charge in [-0.25, -0.2) is 0 Å². The first kappa shape index (κ1) is 21.6. The molecule has 0 radical (unpaired) electrons. The molecule has 0 aliphatic carbocycles. The van der Waals surface area contributed by atoms with E-state index >= 15 is 0 Å². The van der Waals surface area contributed by atoms with E-state index in [1.165, 1.54) is 27.2 Å². The highest BCUT2D eigenvalue weighted by Gasteiger charge is 2.18.